The van der Waals surface area contributed by atoms with Crippen LogP contribution in [0, 0.1) is 4.91 Å². The number of benzene rings is 2. The number of aryl methyl sites for hydroxylation is 1. The van der Waals surface area contributed by atoms with Gasteiger partial charge in [-0.15, -0.1) is 0 Å². The minimum atomic E-state index is 0.466. The van der Waals surface area contributed by atoms with Crippen LogP contribution in [0.25, 0.3) is 0 Å². The molecule has 2 rings (SSSR count). The molecule has 5 heteroatoms. The molecule has 0 spiro atoms. The maximum atomic E-state index is 9.59. The lowest BCUT2D eigenvalue weighted by Crippen LogP contribution is -2.12. The minimum Gasteiger partial charge on any atom is -0.309 e. The second-order valence-electron chi connectivity index (χ2n) is 6.28. The third-order valence-electron chi connectivity index (χ3n) is 3.64. The summed E-state index contributed by atoms with van der Waals surface area (Å²) < 4.78 is 0. The summed E-state index contributed by atoms with van der Waals surface area (Å²) in [6, 6.07) is 16.6. The van der Waals surface area contributed by atoms with Gasteiger partial charge in [-0.25, -0.2) is 0 Å². The van der Waals surface area contributed by atoms with Gasteiger partial charge in [0.1, 0.15) is 0 Å². The van der Waals surface area contributed by atoms with Gasteiger partial charge in [-0.2, -0.15) is 4.91 Å². The summed E-state index contributed by atoms with van der Waals surface area (Å²) in [5.74, 6) is 0. The van der Waals surface area contributed by atoms with Crippen molar-refractivity contribution >= 4 is 23.4 Å². The molecule has 2 aromatic rings. The summed E-state index contributed by atoms with van der Waals surface area (Å²) in [7, 11) is 4.04. The molecule has 0 aliphatic carbocycles. The van der Waals surface area contributed by atoms with Crippen molar-refractivity contribution in [1.29, 1.82) is 0 Å². The number of hydrogen-bond donors (Lipinski definition) is 0. The van der Waals surface area contributed by atoms with Crippen molar-refractivity contribution in [3.8, 4) is 0 Å². The van der Waals surface area contributed by atoms with Gasteiger partial charge in [-0.05, 0) is 75.8 Å². The van der Waals surface area contributed by atoms with Gasteiger partial charge in [0.2, 0.25) is 0 Å². The average Bonchev–Trinajstić information content (AvgIpc) is 2.63. The number of rotatable bonds is 9. The highest BCUT2D eigenvalue weighted by atomic mass is 35.5. The molecule has 0 atom stereocenters. The quantitative estimate of drug-likeness (QED) is 0.358. The Kier molecular flexibility index (Phi) is 12.0. The fourth-order valence-electron chi connectivity index (χ4n) is 2.31. The van der Waals surface area contributed by atoms with Gasteiger partial charge in [0, 0.05) is 14.8 Å². The van der Waals surface area contributed by atoms with E-state index in [4.69, 9.17) is 11.6 Å². The normalized spacial score (nSPS) is 10.3. The van der Waals surface area contributed by atoms with Gasteiger partial charge in [0.25, 0.3) is 0 Å². The fourth-order valence-corrected chi connectivity index (χ4v) is 3.41. The maximum Gasteiger partial charge on any atom is 0.0811 e. The first-order valence-corrected chi connectivity index (χ1v) is 10.2. The number of nitrogens with zero attached hydrogens (tertiary/aromatic N) is 2. The molecule has 2 aromatic carbocycles. The molecule has 0 aliphatic heterocycles. The molecule has 0 saturated carbocycles. The molecule has 0 fully saturated rings. The van der Waals surface area contributed by atoms with Crippen LogP contribution in [0.1, 0.15) is 31.7 Å². The Bertz CT molecular complexity index is 632. The standard InChI is InChI=1S/C15H15ClS.C6H14N2O/c1-2-5-12-6-3-4-7-15(12)17-14-10-8-13(16)9-11-14;1-8(2)6-4-3-5-7-9/h3-4,6-11H,2,5H2,1H3;3-6H2,1-2H3. The molecular formula is C21H29ClN2OS. The highest BCUT2D eigenvalue weighted by Crippen LogP contribution is 2.31. The van der Waals surface area contributed by atoms with Crippen molar-refractivity contribution in [3.63, 3.8) is 0 Å². The van der Waals surface area contributed by atoms with E-state index >= 15 is 0 Å². The Morgan fingerprint density at radius 3 is 2.35 bits per heavy atom. The Hall–Kier alpha value is -1.36. The summed E-state index contributed by atoms with van der Waals surface area (Å²) in [6.07, 6.45) is 4.30. The van der Waals surface area contributed by atoms with Crippen molar-refractivity contribution in [2.24, 2.45) is 5.18 Å². The molecule has 0 aromatic heterocycles. The predicted octanol–water partition coefficient (Wildman–Crippen LogP) is 6.54. The molecular weight excluding hydrogens is 364 g/mol. The summed E-state index contributed by atoms with van der Waals surface area (Å²) in [6.45, 7) is 3.73. The van der Waals surface area contributed by atoms with Crippen molar-refractivity contribution in [1.82, 2.24) is 4.90 Å². The molecule has 0 N–H and O–H groups in total. The van der Waals surface area contributed by atoms with E-state index in [0.29, 0.717) is 6.54 Å². The molecule has 3 nitrogen and oxygen atoms in total. The zero-order valence-electron chi connectivity index (χ0n) is 16.0. The SMILES string of the molecule is CCCc1ccccc1Sc1ccc(Cl)cc1.CN(C)CCCCN=O. The van der Waals surface area contributed by atoms with E-state index in [2.05, 4.69) is 53.4 Å². The number of nitroso groups, excluding NO2 is 1. The van der Waals surface area contributed by atoms with E-state index in [1.54, 1.807) is 11.8 Å². The number of halogens is 1. The first-order chi connectivity index (χ1) is 12.6. The van der Waals surface area contributed by atoms with Crippen molar-refractivity contribution < 1.29 is 0 Å². The van der Waals surface area contributed by atoms with Crippen LogP contribution in [0.5, 0.6) is 0 Å². The first kappa shape index (κ1) is 22.7. The highest BCUT2D eigenvalue weighted by Gasteiger charge is 2.03. The monoisotopic (exact) mass is 392 g/mol. The largest absolute Gasteiger partial charge is 0.309 e. The van der Waals surface area contributed by atoms with Gasteiger partial charge in [-0.1, -0.05) is 60.1 Å². The Morgan fingerprint density at radius 2 is 1.73 bits per heavy atom. The topological polar surface area (TPSA) is 32.7 Å². The van der Waals surface area contributed by atoms with Crippen LogP contribution in [-0.4, -0.2) is 32.1 Å². The maximum absolute atomic E-state index is 9.59. The lowest BCUT2D eigenvalue weighted by atomic mass is 10.1. The molecule has 0 bridgehead atoms. The third-order valence-corrected chi connectivity index (χ3v) is 5.02. The van der Waals surface area contributed by atoms with Crippen molar-refractivity contribution in [2.75, 3.05) is 27.2 Å². The van der Waals surface area contributed by atoms with Gasteiger partial charge in [-0.3, -0.25) is 0 Å². The third kappa shape index (κ3) is 9.95. The summed E-state index contributed by atoms with van der Waals surface area (Å²) in [4.78, 5) is 14.3. The van der Waals surface area contributed by atoms with Crippen LogP contribution in [0.15, 0.2) is 63.5 Å². The lowest BCUT2D eigenvalue weighted by molar-refractivity contribution is 0.395. The van der Waals surface area contributed by atoms with Crippen LogP contribution in [0.4, 0.5) is 0 Å². The van der Waals surface area contributed by atoms with Crippen LogP contribution in [0.3, 0.4) is 0 Å². The van der Waals surface area contributed by atoms with E-state index in [0.717, 1.165) is 30.8 Å². The molecule has 0 amide bonds. The molecule has 0 unspecified atom stereocenters. The second-order valence-corrected chi connectivity index (χ2v) is 7.83. The fraction of sp³-hybridized carbons (Fsp3) is 0.429. The molecule has 142 valence electrons. The van der Waals surface area contributed by atoms with E-state index in [1.807, 2.05) is 26.2 Å². The summed E-state index contributed by atoms with van der Waals surface area (Å²) >= 11 is 7.69. The molecule has 0 heterocycles. The summed E-state index contributed by atoms with van der Waals surface area (Å²) in [5.41, 5.74) is 1.43. The van der Waals surface area contributed by atoms with E-state index < -0.39 is 0 Å². The van der Waals surface area contributed by atoms with Crippen LogP contribution < -0.4 is 0 Å². The molecule has 0 aliphatic rings. The lowest BCUT2D eigenvalue weighted by Gasteiger charge is -2.08. The Labute approximate surface area is 167 Å². The number of hydrogen-bond acceptors (Lipinski definition) is 4. The van der Waals surface area contributed by atoms with Gasteiger partial charge in [0.15, 0.2) is 0 Å². The van der Waals surface area contributed by atoms with Crippen LogP contribution in [0.2, 0.25) is 5.02 Å². The average molecular weight is 393 g/mol. The molecule has 0 radical (unpaired) electrons. The molecule has 26 heavy (non-hydrogen) atoms. The van der Waals surface area contributed by atoms with Gasteiger partial charge in [0.05, 0.1) is 6.54 Å². The number of unbranched alkanes of at least 4 members (excludes halogenated alkanes) is 1. The van der Waals surface area contributed by atoms with Crippen LogP contribution in [-0.2, 0) is 6.42 Å². The molecule has 0 saturated heterocycles. The summed E-state index contributed by atoms with van der Waals surface area (Å²) in [5, 5.41) is 3.55. The zero-order valence-corrected chi connectivity index (χ0v) is 17.5. The van der Waals surface area contributed by atoms with E-state index in [1.165, 1.54) is 21.8 Å². The van der Waals surface area contributed by atoms with Gasteiger partial charge >= 0.3 is 0 Å². The highest BCUT2D eigenvalue weighted by molar-refractivity contribution is 7.99. The Morgan fingerprint density at radius 1 is 1.04 bits per heavy atom. The minimum absolute atomic E-state index is 0.466. The van der Waals surface area contributed by atoms with E-state index in [9.17, 15) is 4.91 Å². The van der Waals surface area contributed by atoms with Crippen molar-refractivity contribution in [3.05, 3.63) is 64.0 Å². The second kappa shape index (κ2) is 13.8. The predicted molar refractivity (Wildman–Crippen MR) is 114 cm³/mol. The first-order valence-electron chi connectivity index (χ1n) is 9.02. The zero-order chi connectivity index (χ0) is 19.2. The van der Waals surface area contributed by atoms with Gasteiger partial charge < -0.3 is 4.90 Å². The van der Waals surface area contributed by atoms with E-state index in [-0.39, 0.29) is 0 Å². The smallest absolute Gasteiger partial charge is 0.0811 e. The van der Waals surface area contributed by atoms with Crippen LogP contribution >= 0.6 is 23.4 Å². The Balaban J connectivity index is 0.000000321. The van der Waals surface area contributed by atoms with Crippen molar-refractivity contribution in [2.45, 2.75) is 42.4 Å².